The van der Waals surface area contributed by atoms with Crippen molar-refractivity contribution in [1.29, 1.82) is 0 Å². The van der Waals surface area contributed by atoms with Crippen molar-refractivity contribution in [3.8, 4) is 9.75 Å². The Balaban J connectivity index is 1.91. The summed E-state index contributed by atoms with van der Waals surface area (Å²) in [5, 5.41) is 2.07. The van der Waals surface area contributed by atoms with Gasteiger partial charge >= 0.3 is 0 Å². The standard InChI is InChI=1S/C15H18OS2/c1-2-3-4-5-7-12(16)13-9-10-15(18-13)14-8-6-11-17-14/h6,8-11H,2-5,7H2,1H3. The fourth-order valence-electron chi connectivity index (χ4n) is 1.87. The third-order valence-corrected chi connectivity index (χ3v) is 5.09. The third-order valence-electron chi connectivity index (χ3n) is 2.90. The minimum atomic E-state index is 0.305. The Labute approximate surface area is 116 Å². The van der Waals surface area contributed by atoms with E-state index in [1.54, 1.807) is 22.7 Å². The normalized spacial score (nSPS) is 10.7. The summed E-state index contributed by atoms with van der Waals surface area (Å²) >= 11 is 3.35. The predicted octanol–water partition coefficient (Wildman–Crippen LogP) is 5.63. The van der Waals surface area contributed by atoms with Gasteiger partial charge in [0.2, 0.25) is 0 Å². The fourth-order valence-corrected chi connectivity index (χ4v) is 3.68. The lowest BCUT2D eigenvalue weighted by atomic mass is 10.1. The minimum Gasteiger partial charge on any atom is -0.293 e. The number of rotatable bonds is 7. The van der Waals surface area contributed by atoms with Crippen molar-refractivity contribution in [2.24, 2.45) is 0 Å². The molecule has 0 atom stereocenters. The summed E-state index contributed by atoms with van der Waals surface area (Å²) in [6.07, 6.45) is 5.35. The lowest BCUT2D eigenvalue weighted by Gasteiger charge is -1.97. The molecule has 0 amide bonds. The summed E-state index contributed by atoms with van der Waals surface area (Å²) in [6, 6.07) is 8.19. The second-order valence-electron chi connectivity index (χ2n) is 4.38. The number of unbranched alkanes of at least 4 members (excludes halogenated alkanes) is 3. The zero-order valence-corrected chi connectivity index (χ0v) is 12.3. The van der Waals surface area contributed by atoms with Crippen LogP contribution in [0.2, 0.25) is 0 Å². The van der Waals surface area contributed by atoms with Gasteiger partial charge in [-0.2, -0.15) is 0 Å². The van der Waals surface area contributed by atoms with Crippen LogP contribution in [-0.2, 0) is 0 Å². The SMILES string of the molecule is CCCCCCC(=O)c1ccc(-c2cccs2)s1. The largest absolute Gasteiger partial charge is 0.293 e. The van der Waals surface area contributed by atoms with E-state index in [1.165, 1.54) is 29.0 Å². The number of carbonyl (C=O) groups excluding carboxylic acids is 1. The zero-order chi connectivity index (χ0) is 12.8. The van der Waals surface area contributed by atoms with Crippen LogP contribution in [0.25, 0.3) is 9.75 Å². The number of thiophene rings is 2. The van der Waals surface area contributed by atoms with Crippen LogP contribution in [0.4, 0.5) is 0 Å². The number of hydrogen-bond donors (Lipinski definition) is 0. The van der Waals surface area contributed by atoms with Gasteiger partial charge in [-0.3, -0.25) is 4.79 Å². The van der Waals surface area contributed by atoms with Gasteiger partial charge in [0.15, 0.2) is 5.78 Å². The van der Waals surface area contributed by atoms with Crippen molar-refractivity contribution >= 4 is 28.5 Å². The van der Waals surface area contributed by atoms with E-state index in [0.29, 0.717) is 12.2 Å². The molecule has 0 aliphatic rings. The molecular formula is C15H18OS2. The van der Waals surface area contributed by atoms with Crippen LogP contribution < -0.4 is 0 Å². The van der Waals surface area contributed by atoms with Gasteiger partial charge in [0, 0.05) is 16.2 Å². The summed E-state index contributed by atoms with van der Waals surface area (Å²) in [7, 11) is 0. The maximum absolute atomic E-state index is 12.0. The monoisotopic (exact) mass is 278 g/mol. The molecule has 0 spiro atoms. The van der Waals surface area contributed by atoms with E-state index < -0.39 is 0 Å². The van der Waals surface area contributed by atoms with Crippen molar-refractivity contribution in [1.82, 2.24) is 0 Å². The quantitative estimate of drug-likeness (QED) is 0.474. The molecule has 0 fully saturated rings. The topological polar surface area (TPSA) is 17.1 Å². The van der Waals surface area contributed by atoms with Gasteiger partial charge in [-0.25, -0.2) is 0 Å². The lowest BCUT2D eigenvalue weighted by Crippen LogP contribution is -1.95. The van der Waals surface area contributed by atoms with E-state index in [2.05, 4.69) is 24.4 Å². The molecule has 0 aliphatic carbocycles. The molecule has 2 aromatic heterocycles. The highest BCUT2D eigenvalue weighted by atomic mass is 32.1. The Kier molecular flexibility index (Phi) is 5.14. The molecule has 0 radical (unpaired) electrons. The van der Waals surface area contributed by atoms with E-state index >= 15 is 0 Å². The van der Waals surface area contributed by atoms with E-state index in [-0.39, 0.29) is 0 Å². The second-order valence-corrected chi connectivity index (χ2v) is 6.41. The predicted molar refractivity (Wildman–Crippen MR) is 80.7 cm³/mol. The van der Waals surface area contributed by atoms with Gasteiger partial charge in [0.05, 0.1) is 4.88 Å². The molecule has 0 aromatic carbocycles. The Morgan fingerprint density at radius 3 is 2.72 bits per heavy atom. The Morgan fingerprint density at radius 2 is 2.00 bits per heavy atom. The van der Waals surface area contributed by atoms with Crippen molar-refractivity contribution in [3.05, 3.63) is 34.5 Å². The molecule has 0 bridgehead atoms. The molecule has 2 rings (SSSR count). The van der Waals surface area contributed by atoms with E-state index in [9.17, 15) is 4.79 Å². The smallest absolute Gasteiger partial charge is 0.172 e. The van der Waals surface area contributed by atoms with Gasteiger partial charge in [-0.1, -0.05) is 32.3 Å². The number of hydrogen-bond acceptors (Lipinski definition) is 3. The van der Waals surface area contributed by atoms with Crippen LogP contribution in [0.15, 0.2) is 29.6 Å². The van der Waals surface area contributed by atoms with Crippen LogP contribution in [-0.4, -0.2) is 5.78 Å². The van der Waals surface area contributed by atoms with Crippen molar-refractivity contribution < 1.29 is 4.79 Å². The molecule has 96 valence electrons. The molecule has 1 nitrogen and oxygen atoms in total. The first kappa shape index (κ1) is 13.5. The van der Waals surface area contributed by atoms with Crippen molar-refractivity contribution in [3.63, 3.8) is 0 Å². The molecule has 0 saturated heterocycles. The van der Waals surface area contributed by atoms with Crippen LogP contribution in [0.5, 0.6) is 0 Å². The maximum Gasteiger partial charge on any atom is 0.172 e. The van der Waals surface area contributed by atoms with Crippen molar-refractivity contribution in [2.45, 2.75) is 39.0 Å². The summed E-state index contributed by atoms with van der Waals surface area (Å²) < 4.78 is 0. The maximum atomic E-state index is 12.0. The van der Waals surface area contributed by atoms with E-state index in [0.717, 1.165) is 11.3 Å². The molecule has 3 heteroatoms. The van der Waals surface area contributed by atoms with Gasteiger partial charge in [-0.05, 0) is 30.0 Å². The fraction of sp³-hybridized carbons (Fsp3) is 0.400. The summed E-state index contributed by atoms with van der Waals surface area (Å²) in [6.45, 7) is 2.19. The van der Waals surface area contributed by atoms with E-state index in [4.69, 9.17) is 0 Å². The molecule has 2 aromatic rings. The summed E-state index contributed by atoms with van der Waals surface area (Å²) in [5.41, 5.74) is 0. The first-order valence-corrected chi connectivity index (χ1v) is 8.18. The number of carbonyl (C=O) groups is 1. The first-order chi connectivity index (χ1) is 8.81. The number of Topliss-reactive ketones (excluding diaryl/α,β-unsaturated/α-hetero) is 1. The summed E-state index contributed by atoms with van der Waals surface area (Å²) in [4.78, 5) is 15.4. The molecule has 0 unspecified atom stereocenters. The van der Waals surface area contributed by atoms with Gasteiger partial charge < -0.3 is 0 Å². The third kappa shape index (κ3) is 3.53. The van der Waals surface area contributed by atoms with Crippen LogP contribution in [0.3, 0.4) is 0 Å². The number of ketones is 1. The highest BCUT2D eigenvalue weighted by Crippen LogP contribution is 2.32. The molecule has 2 heterocycles. The highest BCUT2D eigenvalue weighted by Gasteiger charge is 2.10. The van der Waals surface area contributed by atoms with Gasteiger partial charge in [0.25, 0.3) is 0 Å². The summed E-state index contributed by atoms with van der Waals surface area (Å²) in [5.74, 6) is 0.305. The molecule has 0 saturated carbocycles. The lowest BCUT2D eigenvalue weighted by molar-refractivity contribution is 0.0983. The molecular weight excluding hydrogens is 260 g/mol. The van der Waals surface area contributed by atoms with Crippen molar-refractivity contribution in [2.75, 3.05) is 0 Å². The van der Waals surface area contributed by atoms with Crippen LogP contribution in [0.1, 0.15) is 48.7 Å². The van der Waals surface area contributed by atoms with Crippen LogP contribution >= 0.6 is 22.7 Å². The first-order valence-electron chi connectivity index (χ1n) is 6.48. The Bertz CT molecular complexity index is 482. The molecule has 18 heavy (non-hydrogen) atoms. The minimum absolute atomic E-state index is 0.305. The molecule has 0 N–H and O–H groups in total. The average Bonchev–Trinajstić information content (AvgIpc) is 3.03. The van der Waals surface area contributed by atoms with Gasteiger partial charge in [-0.15, -0.1) is 22.7 Å². The second kappa shape index (κ2) is 6.86. The Hall–Kier alpha value is -0.930. The average molecular weight is 278 g/mol. The molecule has 0 aliphatic heterocycles. The van der Waals surface area contributed by atoms with E-state index in [1.807, 2.05) is 12.1 Å². The van der Waals surface area contributed by atoms with Gasteiger partial charge in [0.1, 0.15) is 0 Å². The zero-order valence-electron chi connectivity index (χ0n) is 10.6. The Morgan fingerprint density at radius 1 is 1.11 bits per heavy atom. The highest BCUT2D eigenvalue weighted by molar-refractivity contribution is 7.22. The van der Waals surface area contributed by atoms with Crippen LogP contribution in [0, 0.1) is 0 Å².